The quantitative estimate of drug-likeness (QED) is 0.856. The first kappa shape index (κ1) is 13.8. The molecule has 20 heavy (non-hydrogen) atoms. The maximum atomic E-state index is 4.43. The summed E-state index contributed by atoms with van der Waals surface area (Å²) in [5.74, 6) is 1.01. The third-order valence-electron chi connectivity index (χ3n) is 4.31. The highest BCUT2D eigenvalue weighted by molar-refractivity contribution is 5.47. The van der Waals surface area contributed by atoms with E-state index in [1.165, 1.54) is 38.2 Å². The summed E-state index contributed by atoms with van der Waals surface area (Å²) in [6.07, 6.45) is 4.86. The fraction of sp³-hybridized carbons (Fsp3) is 0.688. The zero-order valence-electron chi connectivity index (χ0n) is 12.5. The average Bonchev–Trinajstić information content (AvgIpc) is 3.30. The Bertz CT molecular complexity index is 422. The van der Waals surface area contributed by atoms with Gasteiger partial charge in [0, 0.05) is 51.2 Å². The van der Waals surface area contributed by atoms with Crippen molar-refractivity contribution < 1.29 is 0 Å². The van der Waals surface area contributed by atoms with Crippen LogP contribution >= 0.6 is 0 Å². The van der Waals surface area contributed by atoms with Crippen molar-refractivity contribution in [2.45, 2.75) is 26.3 Å². The molecule has 2 fully saturated rings. The van der Waals surface area contributed by atoms with Crippen LogP contribution in [-0.2, 0) is 6.54 Å². The molecule has 110 valence electrons. The number of aromatic nitrogens is 1. The van der Waals surface area contributed by atoms with Crippen LogP contribution in [0.1, 0.15) is 25.5 Å². The summed E-state index contributed by atoms with van der Waals surface area (Å²) < 4.78 is 0. The maximum absolute atomic E-state index is 4.43. The van der Waals surface area contributed by atoms with Crippen LogP contribution in [0.3, 0.4) is 0 Å². The zero-order chi connectivity index (χ0) is 13.8. The van der Waals surface area contributed by atoms with Gasteiger partial charge in [-0.2, -0.15) is 0 Å². The van der Waals surface area contributed by atoms with E-state index in [4.69, 9.17) is 0 Å². The minimum absolute atomic E-state index is 0.867. The lowest BCUT2D eigenvalue weighted by Crippen LogP contribution is -2.47. The molecule has 2 aliphatic rings. The molecule has 4 nitrogen and oxygen atoms in total. The summed E-state index contributed by atoms with van der Waals surface area (Å²) in [6.45, 7) is 10.0. The Hall–Kier alpha value is -1.13. The van der Waals surface area contributed by atoms with Crippen LogP contribution in [0.5, 0.6) is 0 Å². The van der Waals surface area contributed by atoms with E-state index in [1.54, 1.807) is 0 Å². The Morgan fingerprint density at radius 3 is 2.75 bits per heavy atom. The number of pyridine rings is 1. The van der Waals surface area contributed by atoms with Crippen LogP contribution < -0.4 is 10.2 Å². The molecule has 0 amide bonds. The topological polar surface area (TPSA) is 31.4 Å². The van der Waals surface area contributed by atoms with Crippen molar-refractivity contribution in [3.05, 3.63) is 24.0 Å². The second-order valence-electron chi connectivity index (χ2n) is 6.02. The minimum Gasteiger partial charge on any atom is -0.369 e. The van der Waals surface area contributed by atoms with E-state index in [2.05, 4.69) is 39.2 Å². The van der Waals surface area contributed by atoms with E-state index in [0.29, 0.717) is 0 Å². The number of nitrogens with one attached hydrogen (secondary N) is 1. The van der Waals surface area contributed by atoms with E-state index in [9.17, 15) is 0 Å². The Balaban J connectivity index is 1.53. The SMILES string of the molecule is CCNCc1cc(N2CCN(CC3CC3)CC2)ccn1. The molecule has 1 aliphatic heterocycles. The van der Waals surface area contributed by atoms with Crippen LogP contribution in [0.25, 0.3) is 0 Å². The van der Waals surface area contributed by atoms with Gasteiger partial charge in [-0.25, -0.2) is 0 Å². The van der Waals surface area contributed by atoms with Gasteiger partial charge < -0.3 is 10.2 Å². The van der Waals surface area contributed by atoms with Crippen LogP contribution in [0.15, 0.2) is 18.3 Å². The molecule has 0 bridgehead atoms. The molecule has 1 saturated heterocycles. The summed E-state index contributed by atoms with van der Waals surface area (Å²) in [5, 5.41) is 3.34. The van der Waals surface area contributed by atoms with Crippen LogP contribution in [0.4, 0.5) is 5.69 Å². The van der Waals surface area contributed by atoms with Crippen molar-refractivity contribution in [2.75, 3.05) is 44.2 Å². The summed E-state index contributed by atoms with van der Waals surface area (Å²) in [6, 6.07) is 4.38. The predicted octanol–water partition coefficient (Wildman–Crippen LogP) is 1.72. The van der Waals surface area contributed by atoms with Crippen molar-refractivity contribution in [3.63, 3.8) is 0 Å². The molecule has 0 spiro atoms. The smallest absolute Gasteiger partial charge is 0.0562 e. The predicted molar refractivity (Wildman–Crippen MR) is 83.0 cm³/mol. The first-order chi connectivity index (χ1) is 9.85. The molecular formula is C16H26N4. The largest absolute Gasteiger partial charge is 0.369 e. The first-order valence-corrected chi connectivity index (χ1v) is 7.98. The molecule has 1 saturated carbocycles. The van der Waals surface area contributed by atoms with Gasteiger partial charge in [0.15, 0.2) is 0 Å². The highest BCUT2D eigenvalue weighted by Gasteiger charge is 2.26. The summed E-state index contributed by atoms with van der Waals surface area (Å²) in [4.78, 5) is 9.57. The summed E-state index contributed by atoms with van der Waals surface area (Å²) >= 11 is 0. The molecule has 1 N–H and O–H groups in total. The zero-order valence-corrected chi connectivity index (χ0v) is 12.5. The highest BCUT2D eigenvalue weighted by Crippen LogP contribution is 2.30. The Morgan fingerprint density at radius 2 is 2.05 bits per heavy atom. The van der Waals surface area contributed by atoms with E-state index < -0.39 is 0 Å². The van der Waals surface area contributed by atoms with Gasteiger partial charge in [-0.3, -0.25) is 9.88 Å². The third-order valence-corrected chi connectivity index (χ3v) is 4.31. The lowest BCUT2D eigenvalue weighted by atomic mass is 10.2. The van der Waals surface area contributed by atoms with Crippen LogP contribution in [0.2, 0.25) is 0 Å². The Morgan fingerprint density at radius 1 is 1.25 bits per heavy atom. The lowest BCUT2D eigenvalue weighted by Gasteiger charge is -2.36. The molecular weight excluding hydrogens is 248 g/mol. The second-order valence-corrected chi connectivity index (χ2v) is 6.02. The normalized spacial score (nSPS) is 20.4. The summed E-state index contributed by atoms with van der Waals surface area (Å²) in [7, 11) is 0. The van der Waals surface area contributed by atoms with Gasteiger partial charge in [0.25, 0.3) is 0 Å². The van der Waals surface area contributed by atoms with Crippen LogP contribution in [0, 0.1) is 5.92 Å². The average molecular weight is 274 g/mol. The van der Waals surface area contributed by atoms with Crippen molar-refractivity contribution in [2.24, 2.45) is 5.92 Å². The number of hydrogen-bond donors (Lipinski definition) is 1. The van der Waals surface area contributed by atoms with Gasteiger partial charge in [0.05, 0.1) is 5.69 Å². The van der Waals surface area contributed by atoms with Crippen LogP contribution in [-0.4, -0.2) is 49.2 Å². The molecule has 2 heterocycles. The van der Waals surface area contributed by atoms with Crippen molar-refractivity contribution in [1.82, 2.24) is 15.2 Å². The number of hydrogen-bond acceptors (Lipinski definition) is 4. The minimum atomic E-state index is 0.867. The molecule has 4 heteroatoms. The molecule has 0 atom stereocenters. The molecule has 3 rings (SSSR count). The third kappa shape index (κ3) is 3.70. The first-order valence-electron chi connectivity index (χ1n) is 7.98. The molecule has 0 radical (unpaired) electrons. The van der Waals surface area contributed by atoms with Gasteiger partial charge >= 0.3 is 0 Å². The maximum Gasteiger partial charge on any atom is 0.0562 e. The molecule has 0 unspecified atom stereocenters. The van der Waals surface area contributed by atoms with Gasteiger partial charge in [0.2, 0.25) is 0 Å². The molecule has 0 aromatic carbocycles. The molecule has 1 aliphatic carbocycles. The van der Waals surface area contributed by atoms with Gasteiger partial charge in [-0.1, -0.05) is 6.92 Å². The van der Waals surface area contributed by atoms with E-state index in [1.807, 2.05) is 6.20 Å². The number of anilines is 1. The fourth-order valence-corrected chi connectivity index (χ4v) is 2.87. The van der Waals surface area contributed by atoms with Gasteiger partial charge in [0.1, 0.15) is 0 Å². The van der Waals surface area contributed by atoms with E-state index in [0.717, 1.165) is 37.8 Å². The lowest BCUT2D eigenvalue weighted by molar-refractivity contribution is 0.248. The standard InChI is InChI=1S/C16H26N4/c1-2-17-12-15-11-16(5-6-18-15)20-9-7-19(8-10-20)13-14-3-4-14/h5-6,11,14,17H,2-4,7-10,12-13H2,1H3. The second kappa shape index (κ2) is 6.55. The molecule has 1 aromatic heterocycles. The monoisotopic (exact) mass is 274 g/mol. The number of nitrogens with zero attached hydrogens (tertiary/aromatic N) is 3. The Kier molecular flexibility index (Phi) is 4.53. The van der Waals surface area contributed by atoms with Crippen molar-refractivity contribution in [1.29, 1.82) is 0 Å². The molecule has 1 aromatic rings. The van der Waals surface area contributed by atoms with Gasteiger partial charge in [-0.15, -0.1) is 0 Å². The number of piperazine rings is 1. The van der Waals surface area contributed by atoms with E-state index >= 15 is 0 Å². The van der Waals surface area contributed by atoms with Gasteiger partial charge in [-0.05, 0) is 37.4 Å². The Labute approximate surface area is 122 Å². The highest BCUT2D eigenvalue weighted by atomic mass is 15.3. The van der Waals surface area contributed by atoms with Crippen molar-refractivity contribution in [3.8, 4) is 0 Å². The van der Waals surface area contributed by atoms with E-state index in [-0.39, 0.29) is 0 Å². The van der Waals surface area contributed by atoms with Crippen molar-refractivity contribution >= 4 is 5.69 Å². The summed E-state index contributed by atoms with van der Waals surface area (Å²) in [5.41, 5.74) is 2.48. The fourth-order valence-electron chi connectivity index (χ4n) is 2.87. The number of rotatable bonds is 6.